The molecule has 8 nitrogen and oxygen atoms in total. The lowest BCUT2D eigenvalue weighted by atomic mass is 10.0. The van der Waals surface area contributed by atoms with Crippen LogP contribution in [0.4, 0.5) is 13.2 Å². The van der Waals surface area contributed by atoms with Crippen LogP contribution in [0.3, 0.4) is 0 Å². The lowest BCUT2D eigenvalue weighted by Gasteiger charge is -2.34. The number of nitrogens with one attached hydrogen (secondary N) is 1. The van der Waals surface area contributed by atoms with Gasteiger partial charge in [-0.3, -0.25) is 9.59 Å². The molecule has 1 fully saturated rings. The van der Waals surface area contributed by atoms with Gasteiger partial charge in [0.05, 0.1) is 10.5 Å². The Kier molecular flexibility index (Phi) is 8.19. The van der Waals surface area contributed by atoms with Crippen LogP contribution in [-0.2, 0) is 32.2 Å². The van der Waals surface area contributed by atoms with Crippen LogP contribution in [0.5, 0.6) is 0 Å². The fourth-order valence-electron chi connectivity index (χ4n) is 4.00. The molecule has 1 amide bonds. The van der Waals surface area contributed by atoms with Crippen LogP contribution in [-0.4, -0.2) is 54.1 Å². The van der Waals surface area contributed by atoms with Gasteiger partial charge in [-0.15, -0.1) is 0 Å². The first kappa shape index (κ1) is 27.3. The number of carbonyl (C=O) groups excluding carboxylic acids is 2. The summed E-state index contributed by atoms with van der Waals surface area (Å²) in [6, 6.07) is 6.79. The molecule has 0 aromatic heterocycles. The first-order valence-electron chi connectivity index (χ1n) is 11.1. The predicted octanol–water partition coefficient (Wildman–Crippen LogP) is 3.26. The number of ketones is 1. The van der Waals surface area contributed by atoms with Crippen molar-refractivity contribution >= 4 is 27.7 Å². The van der Waals surface area contributed by atoms with E-state index in [0.29, 0.717) is 30.0 Å². The molecular weight excluding hydrogens is 501 g/mol. The van der Waals surface area contributed by atoms with E-state index in [-0.39, 0.29) is 25.2 Å². The van der Waals surface area contributed by atoms with E-state index in [1.165, 1.54) is 19.1 Å². The molecule has 1 heterocycles. The third-order valence-electron chi connectivity index (χ3n) is 5.94. The maximum Gasteiger partial charge on any atom is 0.416 e. The van der Waals surface area contributed by atoms with Crippen molar-refractivity contribution in [1.29, 1.82) is 0 Å². The second-order valence-electron chi connectivity index (χ2n) is 8.51. The summed E-state index contributed by atoms with van der Waals surface area (Å²) in [7, 11) is -4.47. The molecular formula is C24H25F3N2O6S. The van der Waals surface area contributed by atoms with Crippen LogP contribution in [0.2, 0.25) is 0 Å². The minimum absolute atomic E-state index is 0.0870. The molecule has 0 saturated carbocycles. The maximum atomic E-state index is 13.2. The molecule has 2 aromatic carbocycles. The van der Waals surface area contributed by atoms with E-state index in [1.54, 1.807) is 12.1 Å². The minimum Gasteiger partial charge on any atom is -0.480 e. The molecule has 3 rings (SSSR count). The summed E-state index contributed by atoms with van der Waals surface area (Å²) in [5.41, 5.74) is -0.166. The number of piperidine rings is 1. The number of hydrogen-bond acceptors (Lipinski definition) is 5. The molecule has 2 aromatic rings. The normalized spacial score (nSPS) is 17.8. The molecule has 1 aliphatic rings. The second kappa shape index (κ2) is 10.8. The van der Waals surface area contributed by atoms with E-state index in [1.807, 2.05) is 0 Å². The van der Waals surface area contributed by atoms with Gasteiger partial charge in [-0.1, -0.05) is 36.8 Å². The van der Waals surface area contributed by atoms with E-state index in [4.69, 9.17) is 0 Å². The average Bonchev–Trinajstić information content (AvgIpc) is 2.83. The monoisotopic (exact) mass is 526 g/mol. The standard InChI is InChI=1S/C24H25F3N2O6S/c1-15(30)17-10-8-16(9-11-17)13-20(23(32)33)28-22(31)21-7-2-3-12-29(21)36(34,35)19-6-4-5-18(14-19)24(25,26)27/h4-6,8-11,14,20-21H,2-3,7,12-13H2,1H3,(H,28,31)(H,32,33). The van der Waals surface area contributed by atoms with E-state index in [2.05, 4.69) is 5.32 Å². The number of halogens is 3. The van der Waals surface area contributed by atoms with Gasteiger partial charge >= 0.3 is 12.1 Å². The highest BCUT2D eigenvalue weighted by atomic mass is 32.2. The van der Waals surface area contributed by atoms with Gasteiger partial charge in [0.2, 0.25) is 15.9 Å². The molecule has 1 saturated heterocycles. The van der Waals surface area contributed by atoms with Gasteiger partial charge in [-0.2, -0.15) is 17.5 Å². The Hall–Kier alpha value is -3.25. The van der Waals surface area contributed by atoms with E-state index in [9.17, 15) is 41.1 Å². The Labute approximate surface area is 206 Å². The van der Waals surface area contributed by atoms with Gasteiger partial charge in [0.1, 0.15) is 12.1 Å². The van der Waals surface area contributed by atoms with E-state index >= 15 is 0 Å². The topological polar surface area (TPSA) is 121 Å². The first-order valence-corrected chi connectivity index (χ1v) is 12.6. The van der Waals surface area contributed by atoms with Crippen molar-refractivity contribution in [3.63, 3.8) is 0 Å². The Morgan fingerprint density at radius 1 is 1.11 bits per heavy atom. The summed E-state index contributed by atoms with van der Waals surface area (Å²) in [6.07, 6.45) is -3.90. The number of nitrogens with zero attached hydrogens (tertiary/aromatic N) is 1. The molecule has 36 heavy (non-hydrogen) atoms. The third-order valence-corrected chi connectivity index (χ3v) is 7.84. The Morgan fingerprint density at radius 3 is 2.36 bits per heavy atom. The minimum atomic E-state index is -4.75. The SMILES string of the molecule is CC(=O)c1ccc(CC(NC(=O)C2CCCCN2S(=O)(=O)c2cccc(C(F)(F)F)c2)C(=O)O)cc1. The van der Waals surface area contributed by atoms with Gasteiger partial charge in [-0.25, -0.2) is 13.2 Å². The summed E-state index contributed by atoms with van der Waals surface area (Å²) in [5, 5.41) is 12.0. The van der Waals surface area contributed by atoms with Gasteiger partial charge < -0.3 is 10.4 Å². The summed E-state index contributed by atoms with van der Waals surface area (Å²) >= 11 is 0. The van der Waals surface area contributed by atoms with Crippen LogP contribution in [0, 0.1) is 0 Å². The molecule has 2 atom stereocenters. The summed E-state index contributed by atoms with van der Waals surface area (Å²) in [6.45, 7) is 1.29. The number of carboxylic acid groups (broad SMARTS) is 1. The van der Waals surface area contributed by atoms with Crippen molar-refractivity contribution < 1.29 is 41.1 Å². The maximum absolute atomic E-state index is 13.2. The molecule has 2 unspecified atom stereocenters. The van der Waals surface area contributed by atoms with Gasteiger partial charge in [0.25, 0.3) is 0 Å². The molecule has 0 aliphatic carbocycles. The molecule has 194 valence electrons. The highest BCUT2D eigenvalue weighted by Crippen LogP contribution is 2.32. The van der Waals surface area contributed by atoms with Crippen molar-refractivity contribution in [2.75, 3.05) is 6.54 Å². The number of carbonyl (C=O) groups is 3. The number of carboxylic acids is 1. The zero-order valence-corrected chi connectivity index (χ0v) is 20.1. The van der Waals surface area contributed by atoms with Crippen LogP contribution >= 0.6 is 0 Å². The Morgan fingerprint density at radius 2 is 1.78 bits per heavy atom. The van der Waals surface area contributed by atoms with Crippen LogP contribution in [0.1, 0.15) is 47.7 Å². The van der Waals surface area contributed by atoms with Crippen LogP contribution in [0.25, 0.3) is 0 Å². The van der Waals surface area contributed by atoms with Crippen LogP contribution < -0.4 is 5.32 Å². The van der Waals surface area contributed by atoms with E-state index in [0.717, 1.165) is 22.5 Å². The number of amides is 1. The average molecular weight is 527 g/mol. The largest absolute Gasteiger partial charge is 0.480 e. The fraction of sp³-hybridized carbons (Fsp3) is 0.375. The van der Waals surface area contributed by atoms with Crippen molar-refractivity contribution in [2.45, 2.75) is 55.8 Å². The van der Waals surface area contributed by atoms with E-state index < -0.39 is 50.6 Å². The fourth-order valence-corrected chi connectivity index (χ4v) is 5.71. The third kappa shape index (κ3) is 6.30. The number of Topliss-reactive ketones (excluding diaryl/α,β-unsaturated/α-hetero) is 1. The number of aliphatic carboxylic acids is 1. The molecule has 1 aliphatic heterocycles. The van der Waals surface area contributed by atoms with Crippen molar-refractivity contribution in [2.24, 2.45) is 0 Å². The molecule has 0 radical (unpaired) electrons. The lowest BCUT2D eigenvalue weighted by molar-refractivity contribution is -0.142. The van der Waals surface area contributed by atoms with Gasteiger partial charge in [-0.05, 0) is 43.5 Å². The second-order valence-corrected chi connectivity index (χ2v) is 10.4. The van der Waals surface area contributed by atoms with Crippen molar-refractivity contribution in [1.82, 2.24) is 9.62 Å². The number of alkyl halides is 3. The number of rotatable bonds is 8. The molecule has 0 bridgehead atoms. The summed E-state index contributed by atoms with van der Waals surface area (Å²) in [4.78, 5) is 35.7. The predicted molar refractivity (Wildman–Crippen MR) is 123 cm³/mol. The highest BCUT2D eigenvalue weighted by molar-refractivity contribution is 7.89. The summed E-state index contributed by atoms with van der Waals surface area (Å²) in [5.74, 6) is -2.36. The van der Waals surface area contributed by atoms with Crippen LogP contribution in [0.15, 0.2) is 53.4 Å². The number of hydrogen-bond donors (Lipinski definition) is 2. The first-order chi connectivity index (χ1) is 16.8. The molecule has 2 N–H and O–H groups in total. The Balaban J connectivity index is 1.82. The van der Waals surface area contributed by atoms with Gasteiger partial charge in [0.15, 0.2) is 5.78 Å². The molecule has 12 heteroatoms. The quantitative estimate of drug-likeness (QED) is 0.510. The number of benzene rings is 2. The smallest absolute Gasteiger partial charge is 0.416 e. The summed E-state index contributed by atoms with van der Waals surface area (Å²) < 4.78 is 66.6. The molecule has 0 spiro atoms. The van der Waals surface area contributed by atoms with Gasteiger partial charge in [0, 0.05) is 18.5 Å². The zero-order valence-electron chi connectivity index (χ0n) is 19.3. The highest BCUT2D eigenvalue weighted by Gasteiger charge is 2.40. The van der Waals surface area contributed by atoms with Crippen molar-refractivity contribution in [3.05, 3.63) is 65.2 Å². The van der Waals surface area contributed by atoms with Crippen molar-refractivity contribution in [3.8, 4) is 0 Å². The number of sulfonamides is 1. The Bertz CT molecular complexity index is 1250. The lowest BCUT2D eigenvalue weighted by Crippen LogP contribution is -2.55. The zero-order chi connectivity index (χ0) is 26.7.